The van der Waals surface area contributed by atoms with Gasteiger partial charge in [-0.05, 0) is 39.0 Å². The zero-order chi connectivity index (χ0) is 16.2. The molecule has 0 bridgehead atoms. The van der Waals surface area contributed by atoms with E-state index in [1.165, 1.54) is 4.90 Å². The lowest BCUT2D eigenvalue weighted by atomic mass is 9.81. The summed E-state index contributed by atoms with van der Waals surface area (Å²) in [5.74, 6) is -3.25. The number of hydrogen-bond acceptors (Lipinski definition) is 2. The Morgan fingerprint density at radius 1 is 1.24 bits per heavy atom. The molecule has 0 aliphatic heterocycles. The van der Waals surface area contributed by atoms with Gasteiger partial charge in [-0.25, -0.2) is 0 Å². The Bertz CT molecular complexity index is 376. The van der Waals surface area contributed by atoms with Crippen molar-refractivity contribution in [2.75, 3.05) is 6.54 Å². The molecule has 0 aromatic carbocycles. The van der Waals surface area contributed by atoms with Crippen LogP contribution in [0.15, 0.2) is 0 Å². The van der Waals surface area contributed by atoms with Gasteiger partial charge in [-0.1, -0.05) is 6.92 Å². The Kier molecular flexibility index (Phi) is 6.04. The van der Waals surface area contributed by atoms with Crippen molar-refractivity contribution in [3.63, 3.8) is 0 Å². The van der Waals surface area contributed by atoms with Crippen LogP contribution in [0, 0.1) is 11.8 Å². The summed E-state index contributed by atoms with van der Waals surface area (Å²) in [5.41, 5.74) is 0. The number of alkyl halides is 3. The Labute approximate surface area is 122 Å². The SMILES string of the molecule is CCC(C)N(CC(=O)O)C(=O)C1CCC(C(F)(F)F)CC1. The second-order valence-corrected chi connectivity index (χ2v) is 5.71. The lowest BCUT2D eigenvalue weighted by Crippen LogP contribution is -2.46. The number of carboxylic acids is 1. The van der Waals surface area contributed by atoms with Gasteiger partial charge in [0.05, 0.1) is 5.92 Å². The third-order valence-electron chi connectivity index (χ3n) is 4.25. The van der Waals surface area contributed by atoms with E-state index in [0.29, 0.717) is 6.42 Å². The Balaban J connectivity index is 2.67. The van der Waals surface area contributed by atoms with Gasteiger partial charge in [0.2, 0.25) is 5.91 Å². The summed E-state index contributed by atoms with van der Waals surface area (Å²) in [6.07, 6.45) is -3.35. The number of aliphatic carboxylic acids is 1. The maximum atomic E-state index is 12.6. The van der Waals surface area contributed by atoms with Crippen LogP contribution >= 0.6 is 0 Å². The molecule has 1 rings (SSSR count). The van der Waals surface area contributed by atoms with Crippen LogP contribution in [0.4, 0.5) is 13.2 Å². The second kappa shape index (κ2) is 7.13. The molecule has 1 aliphatic carbocycles. The molecular formula is C14H22F3NO3. The zero-order valence-corrected chi connectivity index (χ0v) is 12.3. The molecule has 122 valence electrons. The minimum Gasteiger partial charge on any atom is -0.480 e. The van der Waals surface area contributed by atoms with Crippen molar-refractivity contribution in [1.82, 2.24) is 4.90 Å². The van der Waals surface area contributed by atoms with Gasteiger partial charge in [0.25, 0.3) is 0 Å². The van der Waals surface area contributed by atoms with Crippen LogP contribution in [-0.4, -0.2) is 40.6 Å². The van der Waals surface area contributed by atoms with Gasteiger partial charge in [-0.15, -0.1) is 0 Å². The van der Waals surface area contributed by atoms with Gasteiger partial charge >= 0.3 is 12.1 Å². The van der Waals surface area contributed by atoms with E-state index in [-0.39, 0.29) is 37.6 Å². The first-order chi connectivity index (χ1) is 9.66. The van der Waals surface area contributed by atoms with E-state index in [9.17, 15) is 22.8 Å². The molecule has 21 heavy (non-hydrogen) atoms. The molecule has 1 saturated carbocycles. The van der Waals surface area contributed by atoms with E-state index < -0.39 is 30.5 Å². The predicted octanol–water partition coefficient (Wildman–Crippen LogP) is 3.07. The maximum absolute atomic E-state index is 12.6. The molecule has 0 aromatic heterocycles. The molecule has 0 heterocycles. The first-order valence-electron chi connectivity index (χ1n) is 7.25. The van der Waals surface area contributed by atoms with Crippen molar-refractivity contribution in [2.24, 2.45) is 11.8 Å². The van der Waals surface area contributed by atoms with Crippen molar-refractivity contribution >= 4 is 11.9 Å². The average Bonchev–Trinajstić information content (AvgIpc) is 2.42. The molecule has 7 heteroatoms. The van der Waals surface area contributed by atoms with Crippen LogP contribution in [0.1, 0.15) is 46.0 Å². The number of halogens is 3. The maximum Gasteiger partial charge on any atom is 0.391 e. The fourth-order valence-corrected chi connectivity index (χ4v) is 2.72. The van der Waals surface area contributed by atoms with Crippen LogP contribution in [0.2, 0.25) is 0 Å². The monoisotopic (exact) mass is 309 g/mol. The summed E-state index contributed by atoms with van der Waals surface area (Å²) in [6.45, 7) is 3.20. The van der Waals surface area contributed by atoms with E-state index in [4.69, 9.17) is 5.11 Å². The number of amides is 1. The van der Waals surface area contributed by atoms with Crippen molar-refractivity contribution < 1.29 is 27.9 Å². The summed E-state index contributed by atoms with van der Waals surface area (Å²) in [7, 11) is 0. The molecule has 0 radical (unpaired) electrons. The van der Waals surface area contributed by atoms with Crippen LogP contribution in [-0.2, 0) is 9.59 Å². The number of rotatable bonds is 5. The molecule has 0 aromatic rings. The summed E-state index contributed by atoms with van der Waals surface area (Å²) >= 11 is 0. The zero-order valence-electron chi connectivity index (χ0n) is 12.3. The highest BCUT2D eigenvalue weighted by Crippen LogP contribution is 2.40. The van der Waals surface area contributed by atoms with Gasteiger partial charge in [-0.2, -0.15) is 13.2 Å². The van der Waals surface area contributed by atoms with E-state index in [1.807, 2.05) is 6.92 Å². The Hall–Kier alpha value is -1.27. The van der Waals surface area contributed by atoms with E-state index in [2.05, 4.69) is 0 Å². The van der Waals surface area contributed by atoms with E-state index in [1.54, 1.807) is 6.92 Å². The van der Waals surface area contributed by atoms with E-state index in [0.717, 1.165) is 0 Å². The summed E-state index contributed by atoms with van der Waals surface area (Å²) in [5, 5.41) is 8.88. The number of nitrogens with zero attached hydrogens (tertiary/aromatic N) is 1. The third kappa shape index (κ3) is 4.89. The van der Waals surface area contributed by atoms with Gasteiger partial charge in [0.15, 0.2) is 0 Å². The van der Waals surface area contributed by atoms with E-state index >= 15 is 0 Å². The summed E-state index contributed by atoms with van der Waals surface area (Å²) in [4.78, 5) is 24.5. The topological polar surface area (TPSA) is 57.6 Å². The number of carboxylic acid groups (broad SMARTS) is 1. The number of hydrogen-bond donors (Lipinski definition) is 1. The smallest absolute Gasteiger partial charge is 0.391 e. The Morgan fingerprint density at radius 2 is 1.76 bits per heavy atom. The molecule has 1 atom stereocenters. The summed E-state index contributed by atoms with van der Waals surface area (Å²) in [6, 6.07) is -0.228. The second-order valence-electron chi connectivity index (χ2n) is 5.71. The van der Waals surface area contributed by atoms with Crippen molar-refractivity contribution in [2.45, 2.75) is 58.2 Å². The highest BCUT2D eigenvalue weighted by Gasteiger charge is 2.43. The number of carbonyl (C=O) groups is 2. The number of carbonyl (C=O) groups excluding carboxylic acids is 1. The molecule has 1 N–H and O–H groups in total. The first-order valence-corrected chi connectivity index (χ1v) is 7.25. The van der Waals surface area contributed by atoms with Crippen LogP contribution in [0.3, 0.4) is 0 Å². The lowest BCUT2D eigenvalue weighted by molar-refractivity contribution is -0.185. The molecule has 1 fully saturated rings. The fraction of sp³-hybridized carbons (Fsp3) is 0.857. The van der Waals surface area contributed by atoms with Crippen molar-refractivity contribution in [3.8, 4) is 0 Å². The molecular weight excluding hydrogens is 287 g/mol. The minimum absolute atomic E-state index is 0.0542. The van der Waals surface area contributed by atoms with Gasteiger partial charge in [0.1, 0.15) is 6.54 Å². The molecule has 0 spiro atoms. The Morgan fingerprint density at radius 3 is 2.14 bits per heavy atom. The average molecular weight is 309 g/mol. The third-order valence-corrected chi connectivity index (χ3v) is 4.25. The van der Waals surface area contributed by atoms with Crippen molar-refractivity contribution in [1.29, 1.82) is 0 Å². The van der Waals surface area contributed by atoms with Gasteiger partial charge in [0, 0.05) is 12.0 Å². The fourth-order valence-electron chi connectivity index (χ4n) is 2.72. The molecule has 0 saturated heterocycles. The largest absolute Gasteiger partial charge is 0.480 e. The molecule has 1 unspecified atom stereocenters. The van der Waals surface area contributed by atoms with Crippen LogP contribution in [0.5, 0.6) is 0 Å². The van der Waals surface area contributed by atoms with Crippen molar-refractivity contribution in [3.05, 3.63) is 0 Å². The first kappa shape index (κ1) is 17.8. The van der Waals surface area contributed by atoms with Crippen LogP contribution < -0.4 is 0 Å². The molecule has 1 amide bonds. The molecule has 4 nitrogen and oxygen atoms in total. The lowest BCUT2D eigenvalue weighted by Gasteiger charge is -2.34. The normalized spacial score (nSPS) is 24.4. The summed E-state index contributed by atoms with van der Waals surface area (Å²) < 4.78 is 37.8. The predicted molar refractivity (Wildman–Crippen MR) is 70.6 cm³/mol. The standard InChI is InChI=1S/C14H22F3NO3/c1-3-9(2)18(8-12(19)20)13(21)10-4-6-11(7-5-10)14(15,16)17/h9-11H,3-8H2,1-2H3,(H,19,20). The van der Waals surface area contributed by atoms with Gasteiger partial charge < -0.3 is 10.0 Å². The molecule has 1 aliphatic rings. The highest BCUT2D eigenvalue weighted by molar-refractivity contribution is 5.83. The highest BCUT2D eigenvalue weighted by atomic mass is 19.4. The van der Waals surface area contributed by atoms with Gasteiger partial charge in [-0.3, -0.25) is 9.59 Å². The minimum atomic E-state index is -4.20. The quantitative estimate of drug-likeness (QED) is 0.849. The van der Waals surface area contributed by atoms with Crippen LogP contribution in [0.25, 0.3) is 0 Å².